The van der Waals surface area contributed by atoms with Crippen LogP contribution in [-0.2, 0) is 20.1 Å². The minimum atomic E-state index is 0.0307. The van der Waals surface area contributed by atoms with E-state index < -0.39 is 0 Å². The number of benzene rings is 1. The number of nitrogens with zero attached hydrogens (tertiary/aromatic N) is 4. The summed E-state index contributed by atoms with van der Waals surface area (Å²) < 4.78 is 6.43. The molecule has 6 heteroatoms. The SMILES string of the molecule is Cc1ccc2c(c1)cc(CN(C)Cc1nonc1C)c(=O)n2C. The lowest BCUT2D eigenvalue weighted by Crippen LogP contribution is -2.27. The lowest BCUT2D eigenvalue weighted by Gasteiger charge is -2.16. The third-order valence-electron chi connectivity index (χ3n) is 4.06. The van der Waals surface area contributed by atoms with Crippen LogP contribution >= 0.6 is 0 Å². The molecule has 6 nitrogen and oxygen atoms in total. The number of aromatic nitrogens is 3. The zero-order chi connectivity index (χ0) is 16.6. The molecule has 0 amide bonds. The number of hydrogen-bond donors (Lipinski definition) is 0. The molecule has 0 aliphatic heterocycles. The van der Waals surface area contributed by atoms with Gasteiger partial charge in [0.2, 0.25) is 0 Å². The molecule has 0 bridgehead atoms. The lowest BCUT2D eigenvalue weighted by molar-refractivity contribution is 0.278. The molecule has 23 heavy (non-hydrogen) atoms. The van der Waals surface area contributed by atoms with Crippen molar-refractivity contribution in [2.75, 3.05) is 7.05 Å². The average molecular weight is 312 g/mol. The lowest BCUT2D eigenvalue weighted by atomic mass is 10.1. The molecule has 0 radical (unpaired) electrons. The predicted molar refractivity (Wildman–Crippen MR) is 88.1 cm³/mol. The molecule has 3 aromatic rings. The normalized spacial score (nSPS) is 11.5. The van der Waals surface area contributed by atoms with E-state index >= 15 is 0 Å². The Morgan fingerprint density at radius 3 is 2.65 bits per heavy atom. The summed E-state index contributed by atoms with van der Waals surface area (Å²) in [6.45, 7) is 5.04. The van der Waals surface area contributed by atoms with Crippen LogP contribution in [0, 0.1) is 13.8 Å². The summed E-state index contributed by atoms with van der Waals surface area (Å²) >= 11 is 0. The fourth-order valence-corrected chi connectivity index (χ4v) is 2.78. The second kappa shape index (κ2) is 5.96. The van der Waals surface area contributed by atoms with Gasteiger partial charge in [0.05, 0.1) is 5.52 Å². The van der Waals surface area contributed by atoms with E-state index in [9.17, 15) is 4.79 Å². The van der Waals surface area contributed by atoms with Crippen molar-refractivity contribution in [3.63, 3.8) is 0 Å². The fourth-order valence-electron chi connectivity index (χ4n) is 2.78. The molecule has 0 atom stereocenters. The van der Waals surface area contributed by atoms with Crippen LogP contribution < -0.4 is 5.56 Å². The second-order valence-corrected chi connectivity index (χ2v) is 6.06. The second-order valence-electron chi connectivity index (χ2n) is 6.06. The molecule has 0 aliphatic carbocycles. The van der Waals surface area contributed by atoms with Crippen molar-refractivity contribution in [1.82, 2.24) is 19.8 Å². The topological polar surface area (TPSA) is 64.2 Å². The van der Waals surface area contributed by atoms with Crippen molar-refractivity contribution in [1.29, 1.82) is 0 Å². The van der Waals surface area contributed by atoms with Crippen LogP contribution in [0.1, 0.15) is 22.5 Å². The first kappa shape index (κ1) is 15.4. The van der Waals surface area contributed by atoms with Crippen LogP contribution in [0.4, 0.5) is 0 Å². The third-order valence-corrected chi connectivity index (χ3v) is 4.06. The minimum absolute atomic E-state index is 0.0307. The molecule has 0 spiro atoms. The van der Waals surface area contributed by atoms with Crippen LogP contribution in [0.25, 0.3) is 10.9 Å². The van der Waals surface area contributed by atoms with Gasteiger partial charge < -0.3 is 4.57 Å². The molecule has 0 unspecified atom stereocenters. The van der Waals surface area contributed by atoms with Crippen molar-refractivity contribution in [2.45, 2.75) is 26.9 Å². The highest BCUT2D eigenvalue weighted by molar-refractivity contribution is 5.80. The van der Waals surface area contributed by atoms with Gasteiger partial charge in [-0.3, -0.25) is 9.69 Å². The van der Waals surface area contributed by atoms with E-state index in [4.69, 9.17) is 4.63 Å². The Labute approximate surface area is 134 Å². The zero-order valence-corrected chi connectivity index (χ0v) is 13.8. The van der Waals surface area contributed by atoms with Gasteiger partial charge in [-0.2, -0.15) is 0 Å². The van der Waals surface area contributed by atoms with E-state index in [1.807, 2.05) is 44.1 Å². The van der Waals surface area contributed by atoms with Gasteiger partial charge in [0.15, 0.2) is 0 Å². The number of aryl methyl sites for hydroxylation is 3. The van der Waals surface area contributed by atoms with Crippen molar-refractivity contribution < 1.29 is 4.63 Å². The van der Waals surface area contributed by atoms with Gasteiger partial charge in [0, 0.05) is 25.7 Å². The summed E-state index contributed by atoms with van der Waals surface area (Å²) in [6.07, 6.45) is 0. The van der Waals surface area contributed by atoms with Crippen LogP contribution in [0.2, 0.25) is 0 Å². The monoisotopic (exact) mass is 312 g/mol. The van der Waals surface area contributed by atoms with Gasteiger partial charge >= 0.3 is 0 Å². The Morgan fingerprint density at radius 1 is 1.17 bits per heavy atom. The smallest absolute Gasteiger partial charge is 0.255 e. The van der Waals surface area contributed by atoms with Crippen molar-refractivity contribution in [3.8, 4) is 0 Å². The predicted octanol–water partition coefficient (Wildman–Crippen LogP) is 2.17. The molecule has 0 saturated heterocycles. The Balaban J connectivity index is 1.92. The standard InChI is InChI=1S/C17H20N4O2/c1-11-5-6-16-13(7-11)8-14(17(22)21(16)4)9-20(3)10-15-12(2)18-23-19-15/h5-8H,9-10H2,1-4H3. The van der Waals surface area contributed by atoms with Crippen molar-refractivity contribution >= 4 is 10.9 Å². The maximum atomic E-state index is 12.6. The van der Waals surface area contributed by atoms with Crippen LogP contribution in [0.15, 0.2) is 33.7 Å². The first-order valence-corrected chi connectivity index (χ1v) is 7.51. The Morgan fingerprint density at radius 2 is 1.96 bits per heavy atom. The van der Waals surface area contributed by atoms with Crippen LogP contribution in [0.3, 0.4) is 0 Å². The number of hydrogen-bond acceptors (Lipinski definition) is 5. The van der Waals surface area contributed by atoms with E-state index in [0.29, 0.717) is 13.1 Å². The quantitative estimate of drug-likeness (QED) is 0.739. The average Bonchev–Trinajstić information content (AvgIpc) is 2.89. The summed E-state index contributed by atoms with van der Waals surface area (Å²) in [7, 11) is 3.77. The summed E-state index contributed by atoms with van der Waals surface area (Å²) in [6, 6.07) is 8.09. The molecule has 2 aromatic heterocycles. The number of fused-ring (bicyclic) bond motifs is 1. The van der Waals surface area contributed by atoms with E-state index in [-0.39, 0.29) is 5.56 Å². The highest BCUT2D eigenvalue weighted by atomic mass is 16.6. The molecule has 0 N–H and O–H groups in total. The molecule has 1 aromatic carbocycles. The highest BCUT2D eigenvalue weighted by Gasteiger charge is 2.12. The molecule has 120 valence electrons. The first-order valence-electron chi connectivity index (χ1n) is 7.51. The number of pyridine rings is 1. The maximum absolute atomic E-state index is 12.6. The summed E-state index contributed by atoms with van der Waals surface area (Å²) in [5.41, 5.74) is 4.49. The zero-order valence-electron chi connectivity index (χ0n) is 13.8. The van der Waals surface area contributed by atoms with Gasteiger partial charge in [-0.05, 0) is 44.5 Å². The fraction of sp³-hybridized carbons (Fsp3) is 0.353. The first-order chi connectivity index (χ1) is 11.0. The van der Waals surface area contributed by atoms with E-state index in [0.717, 1.165) is 27.9 Å². The molecule has 0 saturated carbocycles. The van der Waals surface area contributed by atoms with Crippen LogP contribution in [0.5, 0.6) is 0 Å². The van der Waals surface area contributed by atoms with Gasteiger partial charge in [0.1, 0.15) is 11.4 Å². The maximum Gasteiger partial charge on any atom is 0.255 e. The summed E-state index contributed by atoms with van der Waals surface area (Å²) in [4.78, 5) is 14.6. The van der Waals surface area contributed by atoms with Gasteiger partial charge in [-0.25, -0.2) is 4.63 Å². The van der Waals surface area contributed by atoms with E-state index in [1.165, 1.54) is 5.56 Å². The van der Waals surface area contributed by atoms with Gasteiger partial charge in [-0.15, -0.1) is 0 Å². The van der Waals surface area contributed by atoms with E-state index in [1.54, 1.807) is 4.57 Å². The molecular formula is C17H20N4O2. The van der Waals surface area contributed by atoms with Crippen molar-refractivity contribution in [2.24, 2.45) is 7.05 Å². The van der Waals surface area contributed by atoms with Gasteiger partial charge in [-0.1, -0.05) is 21.9 Å². The molecule has 3 rings (SSSR count). The van der Waals surface area contributed by atoms with E-state index in [2.05, 4.69) is 23.3 Å². The summed E-state index contributed by atoms with van der Waals surface area (Å²) in [5.74, 6) is 0. The Hall–Kier alpha value is -2.47. The summed E-state index contributed by atoms with van der Waals surface area (Å²) in [5, 5.41) is 8.75. The minimum Gasteiger partial charge on any atom is -0.311 e. The van der Waals surface area contributed by atoms with Crippen molar-refractivity contribution in [3.05, 3.63) is 57.1 Å². The Kier molecular flexibility index (Phi) is 4.00. The number of rotatable bonds is 4. The highest BCUT2D eigenvalue weighted by Crippen LogP contribution is 2.16. The molecule has 2 heterocycles. The Bertz CT molecular complexity index is 911. The third kappa shape index (κ3) is 3.03. The molecular weight excluding hydrogens is 292 g/mol. The largest absolute Gasteiger partial charge is 0.311 e. The molecule has 0 aliphatic rings. The molecule has 0 fully saturated rings. The van der Waals surface area contributed by atoms with Gasteiger partial charge in [0.25, 0.3) is 5.56 Å². The van der Waals surface area contributed by atoms with Crippen LogP contribution in [-0.4, -0.2) is 26.8 Å².